The normalized spacial score (nSPS) is 13.8. The lowest BCUT2D eigenvalue weighted by Gasteiger charge is -2.30. The van der Waals surface area contributed by atoms with Crippen LogP contribution >= 0.6 is 11.3 Å². The topological polar surface area (TPSA) is 42.4 Å². The van der Waals surface area contributed by atoms with Crippen molar-refractivity contribution in [3.63, 3.8) is 0 Å². The summed E-state index contributed by atoms with van der Waals surface area (Å²) < 4.78 is 5.50. The molecule has 1 aliphatic heterocycles. The molecule has 1 aromatic carbocycles. The summed E-state index contributed by atoms with van der Waals surface area (Å²) in [6.45, 7) is 4.78. The third-order valence-electron chi connectivity index (χ3n) is 4.14. The number of benzene rings is 1. The Hall–Kier alpha value is -1.88. The molecule has 1 aromatic heterocycles. The summed E-state index contributed by atoms with van der Waals surface area (Å²) in [5.74, 6) is 0.819. The summed E-state index contributed by atoms with van der Waals surface area (Å²) in [5.41, 5.74) is 2.95. The number of fused-ring (bicyclic) bond motifs is 1. The third-order valence-corrected chi connectivity index (χ3v) is 5.35. The Balaban J connectivity index is 1.99. The van der Waals surface area contributed by atoms with Gasteiger partial charge in [-0.2, -0.15) is 0 Å². The smallest absolute Gasteiger partial charge is 0.270 e. The van der Waals surface area contributed by atoms with Gasteiger partial charge in [0, 0.05) is 6.54 Å². The van der Waals surface area contributed by atoms with Gasteiger partial charge in [0.15, 0.2) is 0 Å². The fourth-order valence-corrected chi connectivity index (χ4v) is 4.19. The Kier molecular flexibility index (Phi) is 4.66. The van der Waals surface area contributed by atoms with Gasteiger partial charge in [-0.05, 0) is 44.2 Å². The molecular formula is C18H22N2O2S. The van der Waals surface area contributed by atoms with Gasteiger partial charge in [0.25, 0.3) is 5.91 Å². The van der Waals surface area contributed by atoms with Crippen LogP contribution in [-0.2, 0) is 12.8 Å². The fraction of sp³-hybridized carbons (Fsp3) is 0.444. The van der Waals surface area contributed by atoms with E-state index in [1.165, 1.54) is 16.9 Å². The first-order valence-electron chi connectivity index (χ1n) is 8.09. The largest absolute Gasteiger partial charge is 0.495 e. The number of amides is 1. The Labute approximate surface area is 141 Å². The van der Waals surface area contributed by atoms with E-state index in [-0.39, 0.29) is 5.91 Å². The summed E-state index contributed by atoms with van der Waals surface area (Å²) in [6, 6.07) is 5.99. The predicted octanol–water partition coefficient (Wildman–Crippen LogP) is 4.01. The highest BCUT2D eigenvalue weighted by molar-refractivity contribution is 7.14. The highest BCUT2D eigenvalue weighted by Crippen LogP contribution is 2.37. The zero-order valence-corrected chi connectivity index (χ0v) is 14.7. The molecule has 1 amide bonds. The van der Waals surface area contributed by atoms with E-state index >= 15 is 0 Å². The van der Waals surface area contributed by atoms with E-state index in [1.54, 1.807) is 7.11 Å². The number of aromatic nitrogens is 1. The van der Waals surface area contributed by atoms with Crippen LogP contribution in [-0.4, -0.2) is 24.5 Å². The minimum atomic E-state index is 0.0489. The zero-order valence-electron chi connectivity index (χ0n) is 13.9. The van der Waals surface area contributed by atoms with Gasteiger partial charge < -0.3 is 9.64 Å². The van der Waals surface area contributed by atoms with E-state index in [4.69, 9.17) is 4.74 Å². The van der Waals surface area contributed by atoms with Gasteiger partial charge in [0.1, 0.15) is 10.6 Å². The molecule has 4 nitrogen and oxygen atoms in total. The van der Waals surface area contributed by atoms with Gasteiger partial charge >= 0.3 is 0 Å². The third kappa shape index (κ3) is 2.98. The molecule has 3 rings (SSSR count). The average molecular weight is 330 g/mol. The first-order valence-corrected chi connectivity index (χ1v) is 8.91. The molecule has 0 N–H and O–H groups in total. The minimum absolute atomic E-state index is 0.0489. The van der Waals surface area contributed by atoms with E-state index in [1.807, 2.05) is 24.0 Å². The summed E-state index contributed by atoms with van der Waals surface area (Å²) in [6.07, 6.45) is 3.93. The molecule has 2 heterocycles. The first-order chi connectivity index (χ1) is 11.2. The summed E-state index contributed by atoms with van der Waals surface area (Å²) in [7, 11) is 1.66. The average Bonchev–Trinajstić information content (AvgIpc) is 2.94. The van der Waals surface area contributed by atoms with E-state index in [0.717, 1.165) is 59.2 Å². The second-order valence-corrected chi connectivity index (χ2v) is 6.88. The number of rotatable bonds is 4. The van der Waals surface area contributed by atoms with Crippen molar-refractivity contribution >= 4 is 22.9 Å². The quantitative estimate of drug-likeness (QED) is 0.851. The van der Waals surface area contributed by atoms with Gasteiger partial charge in [-0.3, -0.25) is 4.79 Å². The molecule has 0 saturated carbocycles. The van der Waals surface area contributed by atoms with E-state index in [9.17, 15) is 4.79 Å². The molecule has 0 radical (unpaired) electrons. The second kappa shape index (κ2) is 6.71. The van der Waals surface area contributed by atoms with Crippen LogP contribution in [0.1, 0.15) is 45.7 Å². The van der Waals surface area contributed by atoms with E-state index < -0.39 is 0 Å². The number of methoxy groups -OCH3 is 1. The monoisotopic (exact) mass is 330 g/mol. The van der Waals surface area contributed by atoms with Crippen molar-refractivity contribution in [3.05, 3.63) is 39.3 Å². The van der Waals surface area contributed by atoms with Crippen molar-refractivity contribution in [1.29, 1.82) is 0 Å². The van der Waals surface area contributed by atoms with Crippen molar-refractivity contribution < 1.29 is 9.53 Å². The van der Waals surface area contributed by atoms with E-state index in [0.29, 0.717) is 0 Å². The molecule has 23 heavy (non-hydrogen) atoms. The minimum Gasteiger partial charge on any atom is -0.495 e. The number of carbonyl (C=O) groups is 1. The van der Waals surface area contributed by atoms with Gasteiger partial charge in [0.05, 0.1) is 23.5 Å². The number of para-hydroxylation sites is 1. The zero-order chi connectivity index (χ0) is 16.4. The van der Waals surface area contributed by atoms with Gasteiger partial charge in [-0.15, -0.1) is 11.3 Å². The highest BCUT2D eigenvalue weighted by atomic mass is 32.1. The summed E-state index contributed by atoms with van der Waals surface area (Å²) in [4.78, 5) is 20.3. The van der Waals surface area contributed by atoms with Crippen molar-refractivity contribution in [2.24, 2.45) is 0 Å². The Bertz CT molecular complexity index is 710. The molecule has 0 bridgehead atoms. The lowest BCUT2D eigenvalue weighted by atomic mass is 10.0. The molecule has 122 valence electrons. The molecule has 0 unspecified atom stereocenters. The Morgan fingerprint density at radius 3 is 3.00 bits per heavy atom. The standard InChI is InChI=1S/C18H22N2O2S/c1-4-7-15-19-12(2)17(23-15)18(21)20-11-6-9-13-8-5-10-14(22-3)16(13)20/h5,8,10H,4,6-7,9,11H2,1-3H3. The number of nitrogens with zero attached hydrogens (tertiary/aromatic N) is 2. The maximum atomic E-state index is 13.1. The highest BCUT2D eigenvalue weighted by Gasteiger charge is 2.29. The van der Waals surface area contributed by atoms with Crippen molar-refractivity contribution in [3.8, 4) is 5.75 Å². The molecule has 0 spiro atoms. The number of ether oxygens (including phenoxy) is 1. The lowest BCUT2D eigenvalue weighted by molar-refractivity contribution is 0.0987. The molecular weight excluding hydrogens is 308 g/mol. The van der Waals surface area contributed by atoms with Crippen molar-refractivity contribution in [2.45, 2.75) is 39.5 Å². The number of carbonyl (C=O) groups excluding carboxylic acids is 1. The van der Waals surface area contributed by atoms with Crippen molar-refractivity contribution in [1.82, 2.24) is 4.98 Å². The maximum absolute atomic E-state index is 13.1. The van der Waals surface area contributed by atoms with Crippen LogP contribution in [0, 0.1) is 6.92 Å². The van der Waals surface area contributed by atoms with Gasteiger partial charge in [0.2, 0.25) is 0 Å². The van der Waals surface area contributed by atoms with Crippen LogP contribution in [0.3, 0.4) is 0 Å². The molecule has 2 aromatic rings. The van der Waals surface area contributed by atoms with Crippen LogP contribution in [0.15, 0.2) is 18.2 Å². The predicted molar refractivity (Wildman–Crippen MR) is 93.8 cm³/mol. The number of hydrogen-bond donors (Lipinski definition) is 0. The molecule has 0 atom stereocenters. The van der Waals surface area contributed by atoms with Crippen LogP contribution in [0.5, 0.6) is 5.75 Å². The second-order valence-electron chi connectivity index (χ2n) is 5.80. The summed E-state index contributed by atoms with van der Waals surface area (Å²) >= 11 is 1.53. The van der Waals surface area contributed by atoms with Crippen LogP contribution < -0.4 is 9.64 Å². The molecule has 0 saturated heterocycles. The van der Waals surface area contributed by atoms with Crippen LogP contribution in [0.2, 0.25) is 0 Å². The summed E-state index contributed by atoms with van der Waals surface area (Å²) in [5, 5.41) is 1.05. The Morgan fingerprint density at radius 1 is 1.43 bits per heavy atom. The number of thiazole rings is 1. The molecule has 0 aliphatic carbocycles. The Morgan fingerprint density at radius 2 is 2.26 bits per heavy atom. The first kappa shape index (κ1) is 16.0. The van der Waals surface area contributed by atoms with Gasteiger partial charge in [-0.1, -0.05) is 19.1 Å². The lowest BCUT2D eigenvalue weighted by Crippen LogP contribution is -2.35. The van der Waals surface area contributed by atoms with E-state index in [2.05, 4.69) is 18.0 Å². The molecule has 1 aliphatic rings. The maximum Gasteiger partial charge on any atom is 0.270 e. The number of aryl methyl sites for hydroxylation is 3. The van der Waals surface area contributed by atoms with Crippen LogP contribution in [0.4, 0.5) is 5.69 Å². The fourth-order valence-electron chi connectivity index (χ4n) is 3.08. The number of anilines is 1. The number of hydrogen-bond acceptors (Lipinski definition) is 4. The SMILES string of the molecule is CCCc1nc(C)c(C(=O)N2CCCc3cccc(OC)c32)s1. The molecule has 5 heteroatoms. The van der Waals surface area contributed by atoms with Gasteiger partial charge in [-0.25, -0.2) is 4.98 Å². The van der Waals surface area contributed by atoms with Crippen molar-refractivity contribution in [2.75, 3.05) is 18.6 Å². The molecule has 0 fully saturated rings. The van der Waals surface area contributed by atoms with Crippen LogP contribution in [0.25, 0.3) is 0 Å².